The molecule has 7 heteroatoms. The minimum Gasteiger partial charge on any atom is -0.494 e. The van der Waals surface area contributed by atoms with E-state index in [1.54, 1.807) is 12.4 Å². The van der Waals surface area contributed by atoms with Crippen molar-refractivity contribution in [2.75, 3.05) is 26.2 Å². The third-order valence-electron chi connectivity index (χ3n) is 6.65. The van der Waals surface area contributed by atoms with E-state index < -0.39 is 0 Å². The van der Waals surface area contributed by atoms with Gasteiger partial charge in [0.15, 0.2) is 11.5 Å². The molecule has 4 heterocycles. The van der Waals surface area contributed by atoms with Crippen LogP contribution in [0.15, 0.2) is 73.1 Å². The van der Waals surface area contributed by atoms with Crippen LogP contribution < -0.4 is 4.74 Å². The van der Waals surface area contributed by atoms with Crippen LogP contribution in [0.25, 0.3) is 39.1 Å². The first-order valence-electron chi connectivity index (χ1n) is 12.4. The Kier molecular flexibility index (Phi) is 6.07. The second kappa shape index (κ2) is 9.80. The Hall–Kier alpha value is -3.84. The van der Waals surface area contributed by atoms with Gasteiger partial charge in [0.2, 0.25) is 0 Å². The van der Waals surface area contributed by atoms with E-state index in [-0.39, 0.29) is 0 Å². The molecule has 1 saturated heterocycles. The molecule has 35 heavy (non-hydrogen) atoms. The molecule has 1 aliphatic heterocycles. The van der Waals surface area contributed by atoms with Gasteiger partial charge >= 0.3 is 0 Å². The van der Waals surface area contributed by atoms with Crippen molar-refractivity contribution in [2.45, 2.75) is 25.7 Å². The van der Waals surface area contributed by atoms with E-state index in [2.05, 4.69) is 44.3 Å². The number of hydrogen-bond acceptors (Lipinski definition) is 6. The van der Waals surface area contributed by atoms with Crippen molar-refractivity contribution in [3.8, 4) is 28.4 Å². The van der Waals surface area contributed by atoms with Gasteiger partial charge in [-0.15, -0.1) is 10.2 Å². The van der Waals surface area contributed by atoms with Crippen molar-refractivity contribution in [1.29, 1.82) is 0 Å². The van der Waals surface area contributed by atoms with E-state index in [0.717, 1.165) is 58.6 Å². The van der Waals surface area contributed by atoms with Crippen LogP contribution in [0.1, 0.15) is 25.7 Å². The molecule has 0 atom stereocenters. The maximum absolute atomic E-state index is 6.03. The molecule has 1 aliphatic rings. The average Bonchev–Trinajstić information content (AvgIpc) is 3.36. The molecule has 6 rings (SSSR count). The molecule has 7 nitrogen and oxygen atoms in total. The van der Waals surface area contributed by atoms with Gasteiger partial charge in [-0.1, -0.05) is 30.7 Å². The van der Waals surface area contributed by atoms with Gasteiger partial charge in [-0.25, -0.2) is 0 Å². The van der Waals surface area contributed by atoms with Gasteiger partial charge in [-0.05, 0) is 68.8 Å². The lowest BCUT2D eigenvalue weighted by molar-refractivity contribution is 0.205. The van der Waals surface area contributed by atoms with E-state index in [0.29, 0.717) is 5.82 Å². The molecule has 0 bridgehead atoms. The number of benzene rings is 2. The van der Waals surface area contributed by atoms with Crippen molar-refractivity contribution in [1.82, 2.24) is 29.7 Å². The minimum atomic E-state index is 0.675. The summed E-state index contributed by atoms with van der Waals surface area (Å²) in [7, 11) is 0. The Morgan fingerprint density at radius 3 is 2.43 bits per heavy atom. The maximum atomic E-state index is 6.03. The highest BCUT2D eigenvalue weighted by Crippen LogP contribution is 2.31. The number of hydrogen-bond donors (Lipinski definition) is 0. The molecule has 0 aliphatic carbocycles. The molecule has 1 fully saturated rings. The van der Waals surface area contributed by atoms with Crippen molar-refractivity contribution < 1.29 is 4.74 Å². The van der Waals surface area contributed by atoms with Gasteiger partial charge in [0.25, 0.3) is 0 Å². The molecule has 3 aromatic heterocycles. The Labute approximate surface area is 204 Å². The molecule has 0 unspecified atom stereocenters. The summed E-state index contributed by atoms with van der Waals surface area (Å²) in [6.45, 7) is 4.31. The van der Waals surface area contributed by atoms with Crippen LogP contribution in [0.5, 0.6) is 5.75 Å². The summed E-state index contributed by atoms with van der Waals surface area (Å²) in [5, 5.41) is 15.9. The van der Waals surface area contributed by atoms with Gasteiger partial charge in [-0.2, -0.15) is 9.61 Å². The number of ether oxygens (including phenoxy) is 1. The zero-order valence-electron chi connectivity index (χ0n) is 19.7. The summed E-state index contributed by atoms with van der Waals surface area (Å²) in [4.78, 5) is 6.78. The summed E-state index contributed by atoms with van der Waals surface area (Å²) in [6, 6.07) is 20.3. The highest BCUT2D eigenvalue weighted by Gasteiger charge is 2.16. The molecule has 2 aromatic carbocycles. The van der Waals surface area contributed by atoms with Gasteiger partial charge < -0.3 is 9.64 Å². The predicted molar refractivity (Wildman–Crippen MR) is 137 cm³/mol. The molecule has 176 valence electrons. The van der Waals surface area contributed by atoms with Crippen LogP contribution in [0, 0.1) is 0 Å². The SMILES string of the molecule is c1cncc(-c2nnc3c4ccccc4c(-c4ccc(OCCCN5CCCCC5)cc4)nn23)c1. The summed E-state index contributed by atoms with van der Waals surface area (Å²) in [6.07, 6.45) is 8.61. The van der Waals surface area contributed by atoms with Gasteiger partial charge in [0, 0.05) is 40.8 Å². The molecular weight excluding hydrogens is 436 g/mol. The lowest BCUT2D eigenvalue weighted by Crippen LogP contribution is -2.31. The first kappa shape index (κ1) is 21.7. The molecule has 0 saturated carbocycles. The van der Waals surface area contributed by atoms with Crippen molar-refractivity contribution in [3.63, 3.8) is 0 Å². The predicted octanol–water partition coefficient (Wildman–Crippen LogP) is 5.26. The quantitative estimate of drug-likeness (QED) is 0.306. The maximum Gasteiger partial charge on any atom is 0.186 e. The molecule has 0 N–H and O–H groups in total. The molecule has 0 spiro atoms. The number of piperidine rings is 1. The fourth-order valence-corrected chi connectivity index (χ4v) is 4.84. The summed E-state index contributed by atoms with van der Waals surface area (Å²) in [5.74, 6) is 1.56. The Morgan fingerprint density at radius 2 is 1.63 bits per heavy atom. The molecule has 5 aromatic rings. The van der Waals surface area contributed by atoms with Crippen molar-refractivity contribution >= 4 is 16.4 Å². The van der Waals surface area contributed by atoms with Crippen LogP contribution in [0.4, 0.5) is 0 Å². The molecular formula is C28H28N6O. The second-order valence-corrected chi connectivity index (χ2v) is 9.02. The Bertz CT molecular complexity index is 1430. The lowest BCUT2D eigenvalue weighted by atomic mass is 10.0. The topological polar surface area (TPSA) is 68.4 Å². The fraction of sp³-hybridized carbons (Fsp3) is 0.286. The summed E-state index contributed by atoms with van der Waals surface area (Å²) in [5.41, 5.74) is 3.52. The molecule has 0 amide bonds. The number of fused-ring (bicyclic) bond motifs is 3. The standard InChI is InChI=1S/C28H28N6O/c1-4-16-33(17-5-1)18-7-19-35-23-13-11-21(12-14-23)26-24-9-2-3-10-25(24)28-31-30-27(34(28)32-26)22-8-6-15-29-20-22/h2-3,6,8-15,20H,1,4-5,7,16-19H2. The van der Waals surface area contributed by atoms with Crippen LogP contribution in [0.2, 0.25) is 0 Å². The van der Waals surface area contributed by atoms with Crippen LogP contribution in [-0.2, 0) is 0 Å². The normalized spacial score (nSPS) is 14.5. The fourth-order valence-electron chi connectivity index (χ4n) is 4.84. The second-order valence-electron chi connectivity index (χ2n) is 9.02. The lowest BCUT2D eigenvalue weighted by Gasteiger charge is -2.26. The third kappa shape index (κ3) is 4.47. The largest absolute Gasteiger partial charge is 0.494 e. The van der Waals surface area contributed by atoms with Crippen LogP contribution >= 0.6 is 0 Å². The van der Waals surface area contributed by atoms with Gasteiger partial charge in [0.1, 0.15) is 5.75 Å². The van der Waals surface area contributed by atoms with Crippen LogP contribution in [-0.4, -0.2) is 55.9 Å². The van der Waals surface area contributed by atoms with Gasteiger partial charge in [-0.3, -0.25) is 4.98 Å². The number of rotatable bonds is 7. The zero-order chi connectivity index (χ0) is 23.5. The molecule has 0 radical (unpaired) electrons. The Balaban J connectivity index is 1.26. The third-order valence-corrected chi connectivity index (χ3v) is 6.65. The highest BCUT2D eigenvalue weighted by molar-refractivity contribution is 6.01. The van der Waals surface area contributed by atoms with Crippen molar-refractivity contribution in [2.24, 2.45) is 0 Å². The number of pyridine rings is 1. The number of aromatic nitrogens is 5. The van der Waals surface area contributed by atoms with E-state index in [9.17, 15) is 0 Å². The smallest absolute Gasteiger partial charge is 0.186 e. The van der Waals surface area contributed by atoms with Crippen molar-refractivity contribution in [3.05, 3.63) is 73.1 Å². The number of likely N-dealkylation sites (tertiary alicyclic amines) is 1. The van der Waals surface area contributed by atoms with E-state index in [1.165, 1.54) is 32.4 Å². The Morgan fingerprint density at radius 1 is 0.800 bits per heavy atom. The van der Waals surface area contributed by atoms with E-state index in [4.69, 9.17) is 9.84 Å². The van der Waals surface area contributed by atoms with Crippen LogP contribution in [0.3, 0.4) is 0 Å². The monoisotopic (exact) mass is 464 g/mol. The first-order chi connectivity index (χ1) is 17.4. The number of nitrogens with zero attached hydrogens (tertiary/aromatic N) is 6. The summed E-state index contributed by atoms with van der Waals surface area (Å²) < 4.78 is 7.85. The van der Waals surface area contributed by atoms with E-state index >= 15 is 0 Å². The average molecular weight is 465 g/mol. The minimum absolute atomic E-state index is 0.675. The van der Waals surface area contributed by atoms with E-state index in [1.807, 2.05) is 40.9 Å². The summed E-state index contributed by atoms with van der Waals surface area (Å²) >= 11 is 0. The zero-order valence-corrected chi connectivity index (χ0v) is 19.7. The van der Waals surface area contributed by atoms with Gasteiger partial charge in [0.05, 0.1) is 12.3 Å². The first-order valence-corrected chi connectivity index (χ1v) is 12.4. The highest BCUT2D eigenvalue weighted by atomic mass is 16.5.